The van der Waals surface area contributed by atoms with Crippen molar-refractivity contribution in [3.8, 4) is 5.75 Å². The molecule has 0 saturated carbocycles. The summed E-state index contributed by atoms with van der Waals surface area (Å²) < 4.78 is 0. The lowest BCUT2D eigenvalue weighted by Gasteiger charge is -2.23. The van der Waals surface area contributed by atoms with Crippen LogP contribution in [0.1, 0.15) is 92.4 Å². The second-order valence-electron chi connectivity index (χ2n) is 9.82. The first-order valence-electron chi connectivity index (χ1n) is 13.7. The zero-order valence-electron chi connectivity index (χ0n) is 22.2. The normalized spacial score (nSPS) is 15.1. The molecule has 3 aromatic rings. The SMILES string of the molecule is CCCCCC(CCC)c1ccc(C(=O)Nc2c(CC)[nH]c3c2C=CC(Nc2ccccc2O)N3)cc1. The standard InChI is InChI=1S/C31H40N4O2/c1-4-7-8-12-21(11-5-2)22-15-17-23(18-16-22)31(37)35-29-24-19-20-28(34-30(24)33-25(29)6-3)32-26-13-9-10-14-27(26)36/h9-10,13-21,28,32-34,36H,4-8,11-12H2,1-3H3,(H,35,37). The number of aromatic nitrogens is 1. The third-order valence-electron chi connectivity index (χ3n) is 7.12. The van der Waals surface area contributed by atoms with Gasteiger partial charge in [0.15, 0.2) is 0 Å². The molecule has 0 saturated heterocycles. The Morgan fingerprint density at radius 1 is 1.00 bits per heavy atom. The van der Waals surface area contributed by atoms with Gasteiger partial charge in [0, 0.05) is 16.8 Å². The highest BCUT2D eigenvalue weighted by molar-refractivity contribution is 6.06. The summed E-state index contributed by atoms with van der Waals surface area (Å²) in [6.45, 7) is 6.55. The largest absolute Gasteiger partial charge is 0.506 e. The topological polar surface area (TPSA) is 89.2 Å². The number of anilines is 3. The van der Waals surface area contributed by atoms with E-state index in [-0.39, 0.29) is 17.8 Å². The number of aromatic amines is 1. The third-order valence-corrected chi connectivity index (χ3v) is 7.12. The minimum Gasteiger partial charge on any atom is -0.506 e. The molecule has 0 bridgehead atoms. The molecule has 2 heterocycles. The van der Waals surface area contributed by atoms with Crippen molar-refractivity contribution in [1.82, 2.24) is 4.98 Å². The number of carbonyl (C=O) groups is 1. The van der Waals surface area contributed by atoms with Crippen molar-refractivity contribution in [2.75, 3.05) is 16.0 Å². The van der Waals surface area contributed by atoms with E-state index in [1.54, 1.807) is 12.1 Å². The third kappa shape index (κ3) is 6.37. The summed E-state index contributed by atoms with van der Waals surface area (Å²) in [4.78, 5) is 16.6. The molecular formula is C31H40N4O2. The second kappa shape index (κ2) is 12.5. The molecule has 6 heteroatoms. The summed E-state index contributed by atoms with van der Waals surface area (Å²) in [5, 5.41) is 19.9. The van der Waals surface area contributed by atoms with Gasteiger partial charge in [-0.15, -0.1) is 0 Å². The molecule has 1 aliphatic heterocycles. The van der Waals surface area contributed by atoms with E-state index in [9.17, 15) is 9.90 Å². The number of unbranched alkanes of at least 4 members (excludes halogenated alkanes) is 2. The molecule has 0 fully saturated rings. The molecular weight excluding hydrogens is 460 g/mol. The number of hydrogen-bond donors (Lipinski definition) is 5. The van der Waals surface area contributed by atoms with Crippen molar-refractivity contribution in [3.05, 3.63) is 77.0 Å². The molecule has 0 radical (unpaired) electrons. The molecule has 5 N–H and O–H groups in total. The van der Waals surface area contributed by atoms with Crippen molar-refractivity contribution in [1.29, 1.82) is 0 Å². The van der Waals surface area contributed by atoms with E-state index in [0.29, 0.717) is 17.2 Å². The molecule has 1 aliphatic rings. The Labute approximate surface area is 220 Å². The number of amides is 1. The maximum absolute atomic E-state index is 13.2. The molecule has 196 valence electrons. The van der Waals surface area contributed by atoms with Crippen LogP contribution in [0.25, 0.3) is 6.08 Å². The number of H-pyrrole nitrogens is 1. The van der Waals surface area contributed by atoms with Gasteiger partial charge < -0.3 is 26.0 Å². The highest BCUT2D eigenvalue weighted by Gasteiger charge is 2.23. The maximum Gasteiger partial charge on any atom is 0.255 e. The first-order chi connectivity index (χ1) is 18.0. The van der Waals surface area contributed by atoms with Gasteiger partial charge in [-0.05, 0) is 67.2 Å². The number of phenolic OH excluding ortho intramolecular Hbond substituents is 1. The smallest absolute Gasteiger partial charge is 0.255 e. The Kier molecular flexibility index (Phi) is 8.94. The van der Waals surface area contributed by atoms with Gasteiger partial charge in [-0.3, -0.25) is 4.79 Å². The number of fused-ring (bicyclic) bond motifs is 1. The minimum absolute atomic E-state index is 0.107. The average Bonchev–Trinajstić information content (AvgIpc) is 3.26. The maximum atomic E-state index is 13.2. The van der Waals surface area contributed by atoms with Crippen LogP contribution in [0.3, 0.4) is 0 Å². The number of aryl methyl sites for hydroxylation is 1. The Bertz CT molecular complexity index is 1210. The Balaban J connectivity index is 1.46. The fraction of sp³-hybridized carbons (Fsp3) is 0.387. The van der Waals surface area contributed by atoms with Crippen LogP contribution in [-0.2, 0) is 6.42 Å². The minimum atomic E-state index is -0.200. The lowest BCUT2D eigenvalue weighted by atomic mass is 9.89. The van der Waals surface area contributed by atoms with E-state index < -0.39 is 0 Å². The molecule has 2 aromatic carbocycles. The number of nitrogens with one attached hydrogen (secondary N) is 4. The van der Waals surface area contributed by atoms with Crippen molar-refractivity contribution in [2.24, 2.45) is 0 Å². The molecule has 6 nitrogen and oxygen atoms in total. The summed E-state index contributed by atoms with van der Waals surface area (Å²) in [6, 6.07) is 15.3. The molecule has 37 heavy (non-hydrogen) atoms. The average molecular weight is 501 g/mol. The number of rotatable bonds is 12. The summed E-state index contributed by atoms with van der Waals surface area (Å²) >= 11 is 0. The van der Waals surface area contributed by atoms with Crippen LogP contribution in [0, 0.1) is 0 Å². The summed E-state index contributed by atoms with van der Waals surface area (Å²) in [6.07, 6.45) is 11.9. The van der Waals surface area contributed by atoms with Crippen LogP contribution in [-0.4, -0.2) is 22.2 Å². The fourth-order valence-corrected chi connectivity index (χ4v) is 5.06. The monoisotopic (exact) mass is 500 g/mol. The number of benzene rings is 2. The van der Waals surface area contributed by atoms with Crippen LogP contribution < -0.4 is 16.0 Å². The first kappa shape index (κ1) is 26.4. The van der Waals surface area contributed by atoms with E-state index in [1.807, 2.05) is 36.4 Å². The number of phenols is 1. The molecule has 0 aliphatic carbocycles. The van der Waals surface area contributed by atoms with Gasteiger partial charge in [0.2, 0.25) is 0 Å². The van der Waals surface area contributed by atoms with Crippen LogP contribution in [0.15, 0.2) is 54.6 Å². The zero-order valence-corrected chi connectivity index (χ0v) is 22.2. The zero-order chi connectivity index (χ0) is 26.2. The van der Waals surface area contributed by atoms with E-state index in [1.165, 1.54) is 44.1 Å². The molecule has 0 spiro atoms. The second-order valence-corrected chi connectivity index (χ2v) is 9.82. The lowest BCUT2D eigenvalue weighted by Crippen LogP contribution is -2.28. The predicted molar refractivity (Wildman–Crippen MR) is 155 cm³/mol. The van der Waals surface area contributed by atoms with E-state index >= 15 is 0 Å². The molecule has 2 atom stereocenters. The van der Waals surface area contributed by atoms with Crippen molar-refractivity contribution in [3.63, 3.8) is 0 Å². The molecule has 2 unspecified atom stereocenters. The van der Waals surface area contributed by atoms with Crippen LogP contribution in [0.4, 0.5) is 17.2 Å². The summed E-state index contributed by atoms with van der Waals surface area (Å²) in [5.41, 5.74) is 5.35. The number of hydrogen-bond acceptors (Lipinski definition) is 4. The Hall–Kier alpha value is -3.67. The van der Waals surface area contributed by atoms with Gasteiger partial charge in [0.25, 0.3) is 5.91 Å². The Morgan fingerprint density at radius 3 is 2.49 bits per heavy atom. The Morgan fingerprint density at radius 2 is 1.78 bits per heavy atom. The predicted octanol–water partition coefficient (Wildman–Crippen LogP) is 7.88. The van der Waals surface area contributed by atoms with E-state index in [4.69, 9.17) is 0 Å². The van der Waals surface area contributed by atoms with Crippen LogP contribution >= 0.6 is 0 Å². The van der Waals surface area contributed by atoms with Gasteiger partial charge >= 0.3 is 0 Å². The molecule has 4 rings (SSSR count). The summed E-state index contributed by atoms with van der Waals surface area (Å²) in [7, 11) is 0. The van der Waals surface area contributed by atoms with Gasteiger partial charge in [0.05, 0.1) is 11.4 Å². The number of aromatic hydroxyl groups is 1. The van der Waals surface area contributed by atoms with Crippen molar-refractivity contribution >= 4 is 29.2 Å². The highest BCUT2D eigenvalue weighted by atomic mass is 16.3. The van der Waals surface area contributed by atoms with Crippen molar-refractivity contribution < 1.29 is 9.90 Å². The van der Waals surface area contributed by atoms with Gasteiger partial charge in [0.1, 0.15) is 17.7 Å². The lowest BCUT2D eigenvalue weighted by molar-refractivity contribution is 0.102. The van der Waals surface area contributed by atoms with Crippen LogP contribution in [0.5, 0.6) is 5.75 Å². The quantitative estimate of drug-likeness (QED) is 0.129. The first-order valence-corrected chi connectivity index (χ1v) is 13.7. The van der Waals surface area contributed by atoms with E-state index in [0.717, 1.165) is 29.2 Å². The summed E-state index contributed by atoms with van der Waals surface area (Å²) in [5.74, 6) is 1.49. The van der Waals surface area contributed by atoms with Crippen LogP contribution in [0.2, 0.25) is 0 Å². The highest BCUT2D eigenvalue weighted by Crippen LogP contribution is 2.35. The van der Waals surface area contributed by atoms with E-state index in [2.05, 4.69) is 53.8 Å². The number of para-hydroxylation sites is 2. The number of carbonyl (C=O) groups excluding carboxylic acids is 1. The van der Waals surface area contributed by atoms with Gasteiger partial charge in [-0.2, -0.15) is 0 Å². The van der Waals surface area contributed by atoms with Gasteiger partial charge in [-0.1, -0.05) is 70.7 Å². The van der Waals surface area contributed by atoms with Crippen molar-refractivity contribution in [2.45, 2.75) is 77.8 Å². The molecule has 1 amide bonds. The molecule has 1 aromatic heterocycles. The van der Waals surface area contributed by atoms with Gasteiger partial charge in [-0.25, -0.2) is 0 Å². The fourth-order valence-electron chi connectivity index (χ4n) is 5.06.